The Kier molecular flexibility index (Phi) is 50.5. The van der Waals surface area contributed by atoms with Crippen LogP contribution in [0.4, 0.5) is 0 Å². The molecule has 0 fully saturated rings. The first-order valence-corrected chi connectivity index (χ1v) is 30.4. The van der Waals surface area contributed by atoms with Crippen LogP contribution in [-0.2, 0) is 18.4 Å². The fourth-order valence-corrected chi connectivity index (χ4v) is 8.38. The van der Waals surface area contributed by atoms with Gasteiger partial charge in [-0.1, -0.05) is 238 Å². The molecule has 0 bridgehead atoms. The monoisotopic (exact) mass is 1020 g/mol. The average Bonchev–Trinajstić information content (AvgIpc) is 3.34. The second kappa shape index (κ2) is 52.8. The molecule has 0 heterocycles. The molecule has 0 saturated heterocycles. The number of hydrogen-bond acceptors (Lipinski definition) is 6. The van der Waals surface area contributed by atoms with Crippen LogP contribution in [0.2, 0.25) is 0 Å². The number of phosphoric acid groups is 1. The van der Waals surface area contributed by atoms with Gasteiger partial charge in [0.05, 0.1) is 39.9 Å². The SMILES string of the molecule is CC/C=C\C/C=C\C/C=C\C/C=C\C/C=C\C/C=C\C/C=C\C/C=C\CCCCCCCCCCCCCCC(=O)NC(COP(=O)([O-])OCC[N+](C)(C)C)C(O)/C=C/CC/C=C/CCCCCCCCC. The van der Waals surface area contributed by atoms with Crippen LogP contribution in [0.3, 0.4) is 0 Å². The number of nitrogens with zero attached hydrogens (tertiary/aromatic N) is 1. The number of phosphoric ester groups is 1. The van der Waals surface area contributed by atoms with Gasteiger partial charge in [-0.3, -0.25) is 9.36 Å². The predicted molar refractivity (Wildman–Crippen MR) is 311 cm³/mol. The van der Waals surface area contributed by atoms with Gasteiger partial charge in [-0.05, 0) is 96.3 Å². The van der Waals surface area contributed by atoms with Gasteiger partial charge in [0, 0.05) is 6.42 Å². The number of carbonyl (C=O) groups is 1. The van der Waals surface area contributed by atoms with Crippen molar-refractivity contribution in [3.63, 3.8) is 0 Å². The van der Waals surface area contributed by atoms with Crippen molar-refractivity contribution >= 4 is 13.7 Å². The van der Waals surface area contributed by atoms with Gasteiger partial charge < -0.3 is 28.8 Å². The molecule has 0 aliphatic heterocycles. The van der Waals surface area contributed by atoms with Crippen LogP contribution < -0.4 is 10.2 Å². The van der Waals surface area contributed by atoms with E-state index in [-0.39, 0.29) is 12.5 Å². The maximum atomic E-state index is 12.9. The van der Waals surface area contributed by atoms with E-state index in [1.807, 2.05) is 27.2 Å². The number of aliphatic hydroxyl groups excluding tert-OH is 1. The van der Waals surface area contributed by atoms with Gasteiger partial charge >= 0.3 is 0 Å². The lowest BCUT2D eigenvalue weighted by molar-refractivity contribution is -0.870. The molecule has 0 aromatic heterocycles. The lowest BCUT2D eigenvalue weighted by Gasteiger charge is -2.29. The molecule has 0 spiro atoms. The van der Waals surface area contributed by atoms with E-state index in [0.717, 1.165) is 89.9 Å². The fraction of sp³-hybridized carbons (Fsp3) is 0.667. The van der Waals surface area contributed by atoms with Gasteiger partial charge in [-0.25, -0.2) is 0 Å². The van der Waals surface area contributed by atoms with Gasteiger partial charge in [-0.2, -0.15) is 0 Å². The summed E-state index contributed by atoms with van der Waals surface area (Å²) in [6, 6.07) is -0.911. The summed E-state index contributed by atoms with van der Waals surface area (Å²) < 4.78 is 23.3. The van der Waals surface area contributed by atoms with Gasteiger partial charge in [0.15, 0.2) is 0 Å². The second-order valence-electron chi connectivity index (χ2n) is 20.3. The Morgan fingerprint density at radius 2 is 0.861 bits per heavy atom. The molecule has 3 atom stereocenters. The van der Waals surface area contributed by atoms with E-state index in [9.17, 15) is 19.4 Å². The quantitative estimate of drug-likeness (QED) is 0.0272. The van der Waals surface area contributed by atoms with Crippen molar-refractivity contribution in [2.75, 3.05) is 40.9 Å². The molecule has 0 radical (unpaired) electrons. The first kappa shape index (κ1) is 68.9. The summed E-state index contributed by atoms with van der Waals surface area (Å²) >= 11 is 0. The number of unbranched alkanes of at least 4 members (excludes halogenated alkanes) is 20. The summed E-state index contributed by atoms with van der Waals surface area (Å²) in [4.78, 5) is 25.4. The highest BCUT2D eigenvalue weighted by atomic mass is 31.2. The average molecular weight is 1020 g/mol. The molecule has 2 N–H and O–H groups in total. The highest BCUT2D eigenvalue weighted by molar-refractivity contribution is 7.45. The van der Waals surface area contributed by atoms with Crippen LogP contribution in [0.15, 0.2) is 122 Å². The maximum absolute atomic E-state index is 12.9. The van der Waals surface area contributed by atoms with Crippen molar-refractivity contribution < 1.29 is 32.9 Å². The molecule has 1 amide bonds. The Hall–Kier alpha value is -3.10. The minimum Gasteiger partial charge on any atom is -0.756 e. The number of amides is 1. The largest absolute Gasteiger partial charge is 0.756 e. The van der Waals surface area contributed by atoms with Crippen LogP contribution in [0.1, 0.15) is 219 Å². The van der Waals surface area contributed by atoms with Crippen molar-refractivity contribution in [2.45, 2.75) is 231 Å². The zero-order valence-corrected chi connectivity index (χ0v) is 47.7. The summed E-state index contributed by atoms with van der Waals surface area (Å²) in [6.07, 6.45) is 78.5. The highest BCUT2D eigenvalue weighted by Crippen LogP contribution is 2.38. The van der Waals surface area contributed by atoms with Gasteiger partial charge in [-0.15, -0.1) is 0 Å². The number of carbonyl (C=O) groups excluding carboxylic acids is 1. The van der Waals surface area contributed by atoms with Crippen molar-refractivity contribution in [3.05, 3.63) is 122 Å². The van der Waals surface area contributed by atoms with E-state index in [2.05, 4.69) is 129 Å². The molecule has 3 unspecified atom stereocenters. The summed E-state index contributed by atoms with van der Waals surface area (Å²) in [5.41, 5.74) is 0. The highest BCUT2D eigenvalue weighted by Gasteiger charge is 2.23. The van der Waals surface area contributed by atoms with E-state index < -0.39 is 26.6 Å². The Morgan fingerprint density at radius 1 is 0.500 bits per heavy atom. The maximum Gasteiger partial charge on any atom is 0.268 e. The Balaban J connectivity index is 4.10. The number of likely N-dealkylation sites (N-methyl/N-ethyl adjacent to an activating group) is 1. The third-order valence-electron chi connectivity index (χ3n) is 12.2. The van der Waals surface area contributed by atoms with Crippen molar-refractivity contribution in [2.24, 2.45) is 0 Å². The third kappa shape index (κ3) is 54.7. The molecule has 9 heteroatoms. The van der Waals surface area contributed by atoms with E-state index in [0.29, 0.717) is 17.4 Å². The van der Waals surface area contributed by atoms with Crippen molar-refractivity contribution in [1.29, 1.82) is 0 Å². The zero-order valence-electron chi connectivity index (χ0n) is 46.8. The first-order valence-electron chi connectivity index (χ1n) is 28.9. The van der Waals surface area contributed by atoms with Crippen molar-refractivity contribution in [3.8, 4) is 0 Å². The van der Waals surface area contributed by atoms with E-state index in [1.165, 1.54) is 109 Å². The molecule has 0 aromatic rings. The van der Waals surface area contributed by atoms with Crippen LogP contribution in [0.5, 0.6) is 0 Å². The molecular weight excluding hydrogens is 912 g/mol. The Bertz CT molecular complexity index is 1580. The molecule has 0 saturated carbocycles. The normalized spacial score (nSPS) is 14.8. The number of hydrogen-bond donors (Lipinski definition) is 2. The molecule has 0 aliphatic carbocycles. The standard InChI is InChI=1S/C63H109N2O6P/c1-6-8-10-12-14-16-18-20-21-22-23-24-25-26-27-28-29-30-31-32-33-34-35-36-37-38-39-40-41-42-43-45-47-49-51-53-55-57-63(67)64-61(60-71-72(68,69)70-59-58-65(3,4)5)62(66)56-54-52-50-48-46-44-19-17-15-13-11-9-7-2/h8,10,14,16,20-21,23-24,26-27,29-30,32-33,35-36,46,48,54,56,61-62,66H,6-7,9,11-13,15,17-19,22,25,28,31,34,37-45,47,49-53,55,57-60H2,1-5H3,(H-,64,67,68,69)/b10-8-,16-14-,21-20-,24-23-,27-26-,30-29-,33-32-,36-35-,48-46+,56-54+. The summed E-state index contributed by atoms with van der Waals surface area (Å²) in [5.74, 6) is -0.215. The molecule has 412 valence electrons. The molecule has 72 heavy (non-hydrogen) atoms. The van der Waals surface area contributed by atoms with E-state index in [4.69, 9.17) is 9.05 Å². The number of allylic oxidation sites excluding steroid dienone is 19. The van der Waals surface area contributed by atoms with Crippen LogP contribution in [0, 0.1) is 0 Å². The van der Waals surface area contributed by atoms with Crippen LogP contribution in [-0.4, -0.2) is 68.5 Å². The first-order chi connectivity index (χ1) is 35.0. The number of quaternary nitrogens is 1. The summed E-state index contributed by atoms with van der Waals surface area (Å²) in [7, 11) is 1.23. The molecular formula is C63H109N2O6P. The third-order valence-corrected chi connectivity index (χ3v) is 13.1. The van der Waals surface area contributed by atoms with Crippen molar-refractivity contribution in [1.82, 2.24) is 5.32 Å². The molecule has 0 rings (SSSR count). The number of aliphatic hydroxyl groups is 1. The fourth-order valence-electron chi connectivity index (χ4n) is 7.65. The second-order valence-corrected chi connectivity index (χ2v) is 21.7. The summed E-state index contributed by atoms with van der Waals surface area (Å²) in [6.45, 7) is 4.48. The minimum absolute atomic E-state index is 0.0119. The van der Waals surface area contributed by atoms with Crippen LogP contribution >= 0.6 is 7.82 Å². The minimum atomic E-state index is -4.61. The Morgan fingerprint density at radius 3 is 1.29 bits per heavy atom. The molecule has 0 aromatic carbocycles. The molecule has 8 nitrogen and oxygen atoms in total. The van der Waals surface area contributed by atoms with E-state index in [1.54, 1.807) is 6.08 Å². The number of nitrogens with one attached hydrogen (secondary N) is 1. The zero-order chi connectivity index (χ0) is 52.7. The number of rotatable bonds is 51. The lowest BCUT2D eigenvalue weighted by Crippen LogP contribution is -2.45. The van der Waals surface area contributed by atoms with E-state index >= 15 is 0 Å². The molecule has 0 aliphatic rings. The van der Waals surface area contributed by atoms with Crippen LogP contribution in [0.25, 0.3) is 0 Å². The smallest absolute Gasteiger partial charge is 0.268 e. The van der Waals surface area contributed by atoms with Gasteiger partial charge in [0.2, 0.25) is 5.91 Å². The van der Waals surface area contributed by atoms with Gasteiger partial charge in [0.1, 0.15) is 13.2 Å². The summed E-state index contributed by atoms with van der Waals surface area (Å²) in [5, 5.41) is 13.8. The predicted octanol–water partition coefficient (Wildman–Crippen LogP) is 17.1. The Labute approximate surface area is 444 Å². The van der Waals surface area contributed by atoms with Gasteiger partial charge in [0.25, 0.3) is 7.82 Å². The topological polar surface area (TPSA) is 108 Å². The lowest BCUT2D eigenvalue weighted by atomic mass is 10.0.